The Bertz CT molecular complexity index is 433. The summed E-state index contributed by atoms with van der Waals surface area (Å²) in [6, 6.07) is 9.64. The maximum atomic E-state index is 11.5. The molecule has 0 radical (unpaired) electrons. The van der Waals surface area contributed by atoms with E-state index >= 15 is 0 Å². The molecule has 0 N–H and O–H groups in total. The molecule has 1 aromatic rings. The number of hydrogen-bond donors (Lipinski definition) is 0. The Morgan fingerprint density at radius 2 is 1.82 bits per heavy atom. The molecule has 0 saturated carbocycles. The molecular formula is C15H18O2. The van der Waals surface area contributed by atoms with Gasteiger partial charge >= 0.3 is 5.97 Å². The predicted octanol–water partition coefficient (Wildman–Crippen LogP) is 3.02. The molecule has 0 atom stereocenters. The molecule has 1 aromatic carbocycles. The van der Waals surface area contributed by atoms with E-state index in [2.05, 4.69) is 11.8 Å². The largest absolute Gasteiger partial charge is 0.446 e. The fraction of sp³-hybridized carbons (Fsp3) is 0.400. The van der Waals surface area contributed by atoms with Gasteiger partial charge in [-0.3, -0.25) is 4.79 Å². The summed E-state index contributed by atoms with van der Waals surface area (Å²) in [5.41, 5.74) is 0.165. The molecule has 0 heterocycles. The third-order valence-electron chi connectivity index (χ3n) is 2.11. The monoisotopic (exact) mass is 230 g/mol. The van der Waals surface area contributed by atoms with Crippen LogP contribution in [0.5, 0.6) is 0 Å². The number of ether oxygens (including phenoxy) is 1. The van der Waals surface area contributed by atoms with Crippen molar-refractivity contribution in [3.63, 3.8) is 0 Å². The van der Waals surface area contributed by atoms with Gasteiger partial charge in [0.25, 0.3) is 0 Å². The molecule has 0 spiro atoms. The number of carbonyl (C=O) groups excluding carboxylic acids is 1. The van der Waals surface area contributed by atoms with Gasteiger partial charge in [0.15, 0.2) is 5.60 Å². The molecule has 90 valence electrons. The Balaban J connectivity index is 2.73. The summed E-state index contributed by atoms with van der Waals surface area (Å²) in [5.74, 6) is 5.61. The maximum Gasteiger partial charge on any atom is 0.309 e. The van der Waals surface area contributed by atoms with Gasteiger partial charge in [0.1, 0.15) is 0 Å². The first-order valence-electron chi connectivity index (χ1n) is 5.72. The van der Waals surface area contributed by atoms with Crippen LogP contribution in [0.1, 0.15) is 33.3 Å². The Hall–Kier alpha value is -1.75. The van der Waals surface area contributed by atoms with Crippen molar-refractivity contribution in [1.82, 2.24) is 0 Å². The minimum atomic E-state index is -0.753. The molecule has 0 aliphatic rings. The lowest BCUT2D eigenvalue weighted by atomic mass is 10.1. The van der Waals surface area contributed by atoms with Crippen molar-refractivity contribution in [3.8, 4) is 11.8 Å². The summed E-state index contributed by atoms with van der Waals surface area (Å²) >= 11 is 0. The number of rotatable bonds is 2. The third kappa shape index (κ3) is 4.74. The molecule has 0 aliphatic heterocycles. The normalized spacial score (nSPS) is 10.6. The molecule has 0 bridgehead atoms. The average molecular weight is 230 g/mol. The van der Waals surface area contributed by atoms with Gasteiger partial charge in [-0.15, -0.1) is 0 Å². The van der Waals surface area contributed by atoms with Crippen LogP contribution in [-0.2, 0) is 9.53 Å². The number of hydrogen-bond acceptors (Lipinski definition) is 2. The number of carbonyl (C=O) groups is 1. The van der Waals surface area contributed by atoms with Gasteiger partial charge in [0, 0.05) is 5.56 Å². The van der Waals surface area contributed by atoms with Gasteiger partial charge < -0.3 is 4.74 Å². The molecule has 1 rings (SSSR count). The Kier molecular flexibility index (Phi) is 4.34. The van der Waals surface area contributed by atoms with E-state index in [1.807, 2.05) is 44.2 Å². The molecule has 0 saturated heterocycles. The van der Waals surface area contributed by atoms with E-state index in [0.717, 1.165) is 5.56 Å². The lowest BCUT2D eigenvalue weighted by Crippen LogP contribution is -2.28. The molecule has 2 nitrogen and oxygen atoms in total. The highest BCUT2D eigenvalue weighted by atomic mass is 16.6. The van der Waals surface area contributed by atoms with Crippen molar-refractivity contribution < 1.29 is 9.53 Å². The molecule has 0 amide bonds. The van der Waals surface area contributed by atoms with Crippen molar-refractivity contribution in [3.05, 3.63) is 35.9 Å². The zero-order chi connectivity index (χ0) is 12.9. The Morgan fingerprint density at radius 1 is 1.24 bits per heavy atom. The summed E-state index contributed by atoms with van der Waals surface area (Å²) in [7, 11) is 0. The van der Waals surface area contributed by atoms with Crippen LogP contribution in [0.25, 0.3) is 0 Å². The van der Waals surface area contributed by atoms with E-state index in [9.17, 15) is 4.79 Å². The van der Waals surface area contributed by atoms with Gasteiger partial charge in [-0.1, -0.05) is 43.9 Å². The smallest absolute Gasteiger partial charge is 0.309 e. The second-order valence-corrected chi connectivity index (χ2v) is 4.70. The molecule has 0 aliphatic carbocycles. The second-order valence-electron chi connectivity index (χ2n) is 4.70. The van der Waals surface area contributed by atoms with E-state index in [4.69, 9.17) is 4.74 Å². The Labute approximate surface area is 103 Å². The van der Waals surface area contributed by atoms with Crippen LogP contribution in [0.2, 0.25) is 0 Å². The lowest BCUT2D eigenvalue weighted by molar-refractivity contribution is -0.155. The van der Waals surface area contributed by atoms with Gasteiger partial charge in [-0.05, 0) is 26.0 Å². The lowest BCUT2D eigenvalue weighted by Gasteiger charge is -2.20. The van der Waals surface area contributed by atoms with E-state index in [-0.39, 0.29) is 11.9 Å². The minimum absolute atomic E-state index is 0.132. The maximum absolute atomic E-state index is 11.5. The molecule has 2 heteroatoms. The van der Waals surface area contributed by atoms with Gasteiger partial charge in [0.05, 0.1) is 5.92 Å². The highest BCUT2D eigenvalue weighted by Crippen LogP contribution is 2.11. The van der Waals surface area contributed by atoms with Crippen LogP contribution in [0.15, 0.2) is 30.3 Å². The first-order chi connectivity index (χ1) is 7.91. The topological polar surface area (TPSA) is 26.3 Å². The van der Waals surface area contributed by atoms with Crippen molar-refractivity contribution in [2.75, 3.05) is 0 Å². The van der Waals surface area contributed by atoms with Gasteiger partial charge in [0.2, 0.25) is 0 Å². The van der Waals surface area contributed by atoms with E-state index in [1.54, 1.807) is 13.8 Å². The minimum Gasteiger partial charge on any atom is -0.446 e. The summed E-state index contributed by atoms with van der Waals surface area (Å²) < 4.78 is 5.31. The van der Waals surface area contributed by atoms with Crippen LogP contribution >= 0.6 is 0 Å². The highest BCUT2D eigenvalue weighted by molar-refractivity contribution is 5.72. The third-order valence-corrected chi connectivity index (χ3v) is 2.11. The SMILES string of the molecule is CC(C)C(=O)OC(C)(C)C#Cc1ccccc1. The van der Waals surface area contributed by atoms with E-state index in [1.165, 1.54) is 0 Å². The average Bonchev–Trinajstić information content (AvgIpc) is 2.27. The van der Waals surface area contributed by atoms with Crippen molar-refractivity contribution in [1.29, 1.82) is 0 Å². The molecule has 0 aromatic heterocycles. The summed E-state index contributed by atoms with van der Waals surface area (Å²) in [5, 5.41) is 0. The molecule has 0 fully saturated rings. The molecule has 17 heavy (non-hydrogen) atoms. The quantitative estimate of drug-likeness (QED) is 0.576. The predicted molar refractivity (Wildman–Crippen MR) is 68.3 cm³/mol. The summed E-state index contributed by atoms with van der Waals surface area (Å²) in [4.78, 5) is 11.5. The second kappa shape index (κ2) is 5.54. The number of benzene rings is 1. The summed E-state index contributed by atoms with van der Waals surface area (Å²) in [6.07, 6.45) is 0. The van der Waals surface area contributed by atoms with Crippen LogP contribution in [0.3, 0.4) is 0 Å². The number of esters is 1. The Morgan fingerprint density at radius 3 is 2.35 bits per heavy atom. The van der Waals surface area contributed by atoms with Crippen molar-refractivity contribution in [2.24, 2.45) is 5.92 Å². The van der Waals surface area contributed by atoms with Crippen molar-refractivity contribution in [2.45, 2.75) is 33.3 Å². The highest BCUT2D eigenvalue weighted by Gasteiger charge is 2.21. The standard InChI is InChI=1S/C15H18O2/c1-12(2)14(16)17-15(3,4)11-10-13-8-6-5-7-9-13/h5-9,12H,1-4H3. The van der Waals surface area contributed by atoms with Crippen LogP contribution in [0.4, 0.5) is 0 Å². The van der Waals surface area contributed by atoms with E-state index < -0.39 is 5.60 Å². The first-order valence-corrected chi connectivity index (χ1v) is 5.72. The summed E-state index contributed by atoms with van der Waals surface area (Å²) in [6.45, 7) is 7.21. The zero-order valence-corrected chi connectivity index (χ0v) is 10.8. The molecular weight excluding hydrogens is 212 g/mol. The van der Waals surface area contributed by atoms with Crippen molar-refractivity contribution >= 4 is 5.97 Å². The zero-order valence-electron chi connectivity index (χ0n) is 10.8. The van der Waals surface area contributed by atoms with Crippen LogP contribution in [-0.4, -0.2) is 11.6 Å². The fourth-order valence-corrected chi connectivity index (χ4v) is 1.14. The fourth-order valence-electron chi connectivity index (χ4n) is 1.14. The van der Waals surface area contributed by atoms with Gasteiger partial charge in [-0.2, -0.15) is 0 Å². The first kappa shape index (κ1) is 13.3. The van der Waals surface area contributed by atoms with Crippen LogP contribution in [0, 0.1) is 17.8 Å². The molecule has 0 unspecified atom stereocenters. The van der Waals surface area contributed by atoms with Gasteiger partial charge in [-0.25, -0.2) is 0 Å². The van der Waals surface area contributed by atoms with E-state index in [0.29, 0.717) is 0 Å². The van der Waals surface area contributed by atoms with Crippen LogP contribution < -0.4 is 0 Å².